The molecule has 3 rings (SSSR count). The molecule has 0 atom stereocenters. The lowest BCUT2D eigenvalue weighted by Crippen LogP contribution is -2.27. The Morgan fingerprint density at radius 2 is 1.83 bits per heavy atom. The van der Waals surface area contributed by atoms with Gasteiger partial charge in [0.25, 0.3) is 11.5 Å². The number of halogens is 2. The Morgan fingerprint density at radius 3 is 2.54 bits per heavy atom. The van der Waals surface area contributed by atoms with Gasteiger partial charge in [0.05, 0.1) is 11.6 Å². The molecule has 124 valence electrons. The fourth-order valence-electron chi connectivity index (χ4n) is 2.49. The van der Waals surface area contributed by atoms with Crippen molar-refractivity contribution < 1.29 is 8.78 Å². The maximum atomic E-state index is 14.0. The van der Waals surface area contributed by atoms with E-state index in [9.17, 15) is 13.6 Å². The van der Waals surface area contributed by atoms with Crippen LogP contribution in [0, 0.1) is 11.6 Å². The third kappa shape index (κ3) is 2.60. The third-order valence-corrected chi connectivity index (χ3v) is 3.76. The fourth-order valence-corrected chi connectivity index (χ4v) is 2.49. The number of benzene rings is 1. The lowest BCUT2D eigenvalue weighted by Gasteiger charge is -2.19. The SMILES string of the molecule is CCN(CC)c1ccnc(-n2ncc3c(F)ccc(F)c3c2=O)n1. The minimum Gasteiger partial charge on any atom is -0.357 e. The zero-order valence-corrected chi connectivity index (χ0v) is 13.2. The van der Waals surface area contributed by atoms with Crippen molar-refractivity contribution >= 4 is 16.6 Å². The summed E-state index contributed by atoms with van der Waals surface area (Å²) in [6.07, 6.45) is 2.60. The highest BCUT2D eigenvalue weighted by Gasteiger charge is 2.15. The van der Waals surface area contributed by atoms with Gasteiger partial charge in [-0.25, -0.2) is 13.8 Å². The van der Waals surface area contributed by atoms with Crippen molar-refractivity contribution in [3.63, 3.8) is 0 Å². The van der Waals surface area contributed by atoms with Gasteiger partial charge in [0.1, 0.15) is 17.5 Å². The maximum Gasteiger partial charge on any atom is 0.285 e. The molecular formula is C16H15F2N5O. The molecule has 0 saturated heterocycles. The van der Waals surface area contributed by atoms with Gasteiger partial charge in [0.15, 0.2) is 0 Å². The monoisotopic (exact) mass is 331 g/mol. The Labute approximate surface area is 136 Å². The van der Waals surface area contributed by atoms with Crippen LogP contribution in [-0.2, 0) is 0 Å². The van der Waals surface area contributed by atoms with Crippen molar-refractivity contribution in [3.8, 4) is 5.95 Å². The molecule has 0 bridgehead atoms. The Hall–Kier alpha value is -2.90. The largest absolute Gasteiger partial charge is 0.357 e. The first-order chi connectivity index (χ1) is 11.6. The minimum atomic E-state index is -0.813. The number of rotatable bonds is 4. The molecule has 0 spiro atoms. The van der Waals surface area contributed by atoms with E-state index in [0.29, 0.717) is 5.82 Å². The molecule has 0 fully saturated rings. The average Bonchev–Trinajstić information content (AvgIpc) is 2.59. The summed E-state index contributed by atoms with van der Waals surface area (Å²) in [6.45, 7) is 5.41. The number of hydrogen-bond donors (Lipinski definition) is 0. The summed E-state index contributed by atoms with van der Waals surface area (Å²) in [6, 6.07) is 3.58. The van der Waals surface area contributed by atoms with Gasteiger partial charge >= 0.3 is 0 Å². The zero-order valence-electron chi connectivity index (χ0n) is 13.2. The highest BCUT2D eigenvalue weighted by molar-refractivity contribution is 5.82. The summed E-state index contributed by atoms with van der Waals surface area (Å²) in [5, 5.41) is 3.34. The smallest absolute Gasteiger partial charge is 0.285 e. The van der Waals surface area contributed by atoms with E-state index in [0.717, 1.165) is 36.1 Å². The van der Waals surface area contributed by atoms with Crippen LogP contribution < -0.4 is 10.5 Å². The number of fused-ring (bicyclic) bond motifs is 1. The molecule has 0 aliphatic rings. The van der Waals surface area contributed by atoms with Gasteiger partial charge in [0.2, 0.25) is 0 Å². The van der Waals surface area contributed by atoms with Crippen LogP contribution in [0.1, 0.15) is 13.8 Å². The number of anilines is 1. The number of aromatic nitrogens is 4. The minimum absolute atomic E-state index is 0.00922. The van der Waals surface area contributed by atoms with Crippen molar-refractivity contribution in [2.24, 2.45) is 0 Å². The summed E-state index contributed by atoms with van der Waals surface area (Å²) in [5.41, 5.74) is -0.804. The van der Waals surface area contributed by atoms with Crippen LogP contribution in [0.2, 0.25) is 0 Å². The molecule has 3 aromatic rings. The molecule has 0 amide bonds. The van der Waals surface area contributed by atoms with E-state index in [2.05, 4.69) is 15.1 Å². The Morgan fingerprint density at radius 1 is 1.12 bits per heavy atom. The van der Waals surface area contributed by atoms with Crippen LogP contribution in [0.5, 0.6) is 0 Å². The van der Waals surface area contributed by atoms with Gasteiger partial charge in [-0.1, -0.05) is 0 Å². The standard InChI is InChI=1S/C16H15F2N5O/c1-3-22(4-2)13-7-8-19-16(21-13)23-15(24)14-10(9-20-23)11(17)5-6-12(14)18/h5-9H,3-4H2,1-2H3. The predicted molar refractivity (Wildman–Crippen MR) is 86.4 cm³/mol. The molecule has 0 radical (unpaired) electrons. The van der Waals surface area contributed by atoms with Crippen molar-refractivity contribution in [1.29, 1.82) is 0 Å². The third-order valence-electron chi connectivity index (χ3n) is 3.76. The molecular weight excluding hydrogens is 316 g/mol. The fraction of sp³-hybridized carbons (Fsp3) is 0.250. The number of nitrogens with zero attached hydrogens (tertiary/aromatic N) is 5. The number of hydrogen-bond acceptors (Lipinski definition) is 5. The van der Waals surface area contributed by atoms with Crippen molar-refractivity contribution in [3.05, 3.63) is 52.6 Å². The molecule has 0 aliphatic carbocycles. The first-order valence-corrected chi connectivity index (χ1v) is 7.51. The lowest BCUT2D eigenvalue weighted by atomic mass is 10.2. The molecule has 2 aromatic heterocycles. The second kappa shape index (κ2) is 6.31. The molecule has 0 unspecified atom stereocenters. The first kappa shape index (κ1) is 16.0. The second-order valence-corrected chi connectivity index (χ2v) is 5.07. The van der Waals surface area contributed by atoms with Gasteiger partial charge in [-0.2, -0.15) is 14.8 Å². The van der Waals surface area contributed by atoms with Crippen LogP contribution >= 0.6 is 0 Å². The summed E-state index contributed by atoms with van der Waals surface area (Å²) >= 11 is 0. The van der Waals surface area contributed by atoms with E-state index in [1.165, 1.54) is 6.20 Å². The molecule has 0 N–H and O–H groups in total. The maximum absolute atomic E-state index is 14.0. The van der Waals surface area contributed by atoms with E-state index >= 15 is 0 Å². The normalized spacial score (nSPS) is 11.0. The average molecular weight is 331 g/mol. The Kier molecular flexibility index (Phi) is 4.20. The lowest BCUT2D eigenvalue weighted by molar-refractivity contribution is 0.612. The summed E-state index contributed by atoms with van der Waals surface area (Å²) in [7, 11) is 0. The molecule has 1 aromatic carbocycles. The molecule has 8 heteroatoms. The van der Waals surface area contributed by atoms with E-state index < -0.39 is 17.2 Å². The molecule has 24 heavy (non-hydrogen) atoms. The van der Waals surface area contributed by atoms with Crippen LogP contribution in [-0.4, -0.2) is 32.8 Å². The van der Waals surface area contributed by atoms with Gasteiger partial charge in [0, 0.05) is 24.7 Å². The highest BCUT2D eigenvalue weighted by atomic mass is 19.1. The van der Waals surface area contributed by atoms with Gasteiger partial charge < -0.3 is 4.90 Å². The van der Waals surface area contributed by atoms with Crippen LogP contribution in [0.3, 0.4) is 0 Å². The van der Waals surface area contributed by atoms with Gasteiger partial charge in [-0.3, -0.25) is 4.79 Å². The van der Waals surface area contributed by atoms with E-state index in [4.69, 9.17) is 0 Å². The van der Waals surface area contributed by atoms with Gasteiger partial charge in [-0.15, -0.1) is 0 Å². The zero-order chi connectivity index (χ0) is 17.3. The molecule has 6 nitrogen and oxygen atoms in total. The van der Waals surface area contributed by atoms with Crippen LogP contribution in [0.25, 0.3) is 16.7 Å². The van der Waals surface area contributed by atoms with Crippen LogP contribution in [0.15, 0.2) is 35.4 Å². The highest BCUT2D eigenvalue weighted by Crippen LogP contribution is 2.17. The van der Waals surface area contributed by atoms with Crippen molar-refractivity contribution in [2.75, 3.05) is 18.0 Å². The molecule has 2 heterocycles. The van der Waals surface area contributed by atoms with Crippen molar-refractivity contribution in [1.82, 2.24) is 19.7 Å². The summed E-state index contributed by atoms with van der Waals surface area (Å²) < 4.78 is 28.6. The quantitative estimate of drug-likeness (QED) is 0.734. The first-order valence-electron chi connectivity index (χ1n) is 7.51. The summed E-state index contributed by atoms with van der Waals surface area (Å²) in [5.74, 6) is -0.887. The van der Waals surface area contributed by atoms with E-state index in [1.54, 1.807) is 6.07 Å². The Balaban J connectivity index is 2.21. The van der Waals surface area contributed by atoms with Gasteiger partial charge in [-0.05, 0) is 32.0 Å². The van der Waals surface area contributed by atoms with Crippen molar-refractivity contribution in [2.45, 2.75) is 13.8 Å². The summed E-state index contributed by atoms with van der Waals surface area (Å²) in [4.78, 5) is 22.8. The second-order valence-electron chi connectivity index (χ2n) is 5.07. The Bertz CT molecular complexity index is 953. The van der Waals surface area contributed by atoms with E-state index in [1.807, 2.05) is 18.7 Å². The molecule has 0 aliphatic heterocycles. The predicted octanol–water partition coefficient (Wildman–Crippen LogP) is 2.30. The van der Waals surface area contributed by atoms with E-state index in [-0.39, 0.29) is 16.7 Å². The van der Waals surface area contributed by atoms with Crippen LogP contribution in [0.4, 0.5) is 14.6 Å². The molecule has 0 saturated carbocycles. The topological polar surface area (TPSA) is 63.9 Å².